The van der Waals surface area contributed by atoms with Crippen LogP contribution in [0.5, 0.6) is 0 Å². The lowest BCUT2D eigenvalue weighted by atomic mass is 9.81. The molecule has 0 saturated heterocycles. The van der Waals surface area contributed by atoms with Gasteiger partial charge in [0.25, 0.3) is 0 Å². The molecule has 0 unspecified atom stereocenters. The summed E-state index contributed by atoms with van der Waals surface area (Å²) in [7, 11) is 0. The van der Waals surface area contributed by atoms with Crippen molar-refractivity contribution in [2.45, 2.75) is 120 Å². The van der Waals surface area contributed by atoms with E-state index < -0.39 is 0 Å². The second-order valence-corrected chi connectivity index (χ2v) is 20.5. The summed E-state index contributed by atoms with van der Waals surface area (Å²) in [6.07, 6.45) is 7.37. The molecule has 1 heterocycles. The van der Waals surface area contributed by atoms with Gasteiger partial charge >= 0.3 is 0 Å². The van der Waals surface area contributed by atoms with Crippen LogP contribution in [0.4, 0.5) is 0 Å². The van der Waals surface area contributed by atoms with Crippen molar-refractivity contribution in [1.29, 1.82) is 0 Å². The number of rotatable bonds is 4. The Hall–Kier alpha value is -5.76. The van der Waals surface area contributed by atoms with Crippen LogP contribution in [0, 0.1) is 34.6 Å². The van der Waals surface area contributed by atoms with Gasteiger partial charge in [-0.3, -0.25) is 0 Å². The van der Waals surface area contributed by atoms with Gasteiger partial charge in [0, 0.05) is 20.4 Å². The summed E-state index contributed by atoms with van der Waals surface area (Å²) in [6, 6.07) is 52.5. The lowest BCUT2D eigenvalue weighted by Gasteiger charge is -2.22. The Morgan fingerprint density at radius 3 is 1.72 bits per heavy atom. The van der Waals surface area contributed by atoms with Gasteiger partial charge in [-0.25, -0.2) is 0 Å². The summed E-state index contributed by atoms with van der Waals surface area (Å²) in [6.45, 7) is 34.7. The van der Waals surface area contributed by atoms with Gasteiger partial charge in [-0.1, -0.05) is 236 Å². The molecule has 7 aromatic carbocycles. The van der Waals surface area contributed by atoms with Crippen LogP contribution < -0.4 is 0 Å². The van der Waals surface area contributed by atoms with E-state index >= 15 is 0 Å². The van der Waals surface area contributed by atoms with Gasteiger partial charge < -0.3 is 0 Å². The van der Waals surface area contributed by atoms with Crippen LogP contribution in [0.25, 0.3) is 44.1 Å². The molecule has 1 aliphatic rings. The number of hydrogen-bond acceptors (Lipinski definition) is 1. The van der Waals surface area contributed by atoms with Crippen LogP contribution in [0.3, 0.4) is 0 Å². The van der Waals surface area contributed by atoms with Crippen LogP contribution in [-0.2, 0) is 17.3 Å². The minimum atomic E-state index is 0.0888. The first-order valence-electron chi connectivity index (χ1n) is 23.5. The van der Waals surface area contributed by atoms with Crippen LogP contribution in [0.2, 0.25) is 0 Å². The van der Waals surface area contributed by atoms with Crippen molar-refractivity contribution in [2.24, 2.45) is 0 Å². The fraction of sp³-hybridized carbons (Fsp3) is 0.281. The first kappa shape index (κ1) is 50.2. The maximum absolute atomic E-state index is 3.90. The largest absolute Gasteiger partial charge is 0.135 e. The molecule has 1 aliphatic carbocycles. The van der Waals surface area contributed by atoms with Crippen LogP contribution in [-0.4, -0.2) is 0 Å². The molecule has 1 heteroatoms. The Balaban J connectivity index is 0.000000162. The monoisotopic (exact) mass is 875 g/mol. The highest BCUT2D eigenvalue weighted by Gasteiger charge is 2.36. The van der Waals surface area contributed by atoms with E-state index in [1.807, 2.05) is 35.6 Å². The molecule has 0 saturated carbocycles. The van der Waals surface area contributed by atoms with Gasteiger partial charge in [0.15, 0.2) is 0 Å². The molecule has 0 N–H and O–H groups in total. The summed E-state index contributed by atoms with van der Waals surface area (Å²) >= 11 is 1.81. The van der Waals surface area contributed by atoms with Gasteiger partial charge in [-0.05, 0) is 132 Å². The predicted molar refractivity (Wildman–Crippen MR) is 293 cm³/mol. The highest BCUT2D eigenvalue weighted by molar-refractivity contribution is 7.20. The van der Waals surface area contributed by atoms with Gasteiger partial charge in [-0.15, -0.1) is 11.3 Å². The SMILES string of the molecule is C=Cc1sc2ccc(C(C)C)cc2c1/C=C\C.CCc1ccc(C)cc1.Cc1ccc(C(C)(C)C)cc1.Cc1ccc2c(c1)C(C)(C)c1cc(C)c3ccccc3c1-2.Cc1ccccc1. The van der Waals surface area contributed by atoms with Crippen molar-refractivity contribution < 1.29 is 0 Å². The number of hydrogen-bond donors (Lipinski definition) is 0. The predicted octanol–water partition coefficient (Wildman–Crippen LogP) is 19.3. The lowest BCUT2D eigenvalue weighted by Crippen LogP contribution is -2.15. The van der Waals surface area contributed by atoms with Crippen molar-refractivity contribution in [3.63, 3.8) is 0 Å². The standard InChI is InChI=1S/C21H20.C16H18S.C11H16.C9H12.C7H8/c1-13-9-10-17-18(11-13)21(3,4)19-12-14(2)15-7-5-6-8-16(15)20(17)19;1-5-7-13-14-10-12(11(3)4)8-9-16(14)17-15(13)6-2;1-9-5-7-10(8-6-9)11(2,3)4;1-3-9-6-4-8(2)5-7-9;1-7-5-3-2-4-6-7/h5-12H,1-4H3;5-11H,2H2,1,3-4H3;5-8H,1-4H3;4-7H,3H2,1-2H3;2-6H,1H3/b;7-5-;;;. The maximum atomic E-state index is 3.90. The molecule has 0 nitrogen and oxygen atoms in total. The van der Waals surface area contributed by atoms with Crippen molar-refractivity contribution >= 4 is 44.3 Å². The van der Waals surface area contributed by atoms with Crippen molar-refractivity contribution in [3.05, 3.63) is 224 Å². The minimum Gasteiger partial charge on any atom is -0.135 e. The highest BCUT2D eigenvalue weighted by atomic mass is 32.1. The number of aryl methyl sites for hydroxylation is 6. The van der Waals surface area contributed by atoms with Crippen molar-refractivity contribution in [1.82, 2.24) is 0 Å². The van der Waals surface area contributed by atoms with E-state index in [1.165, 1.54) is 98.1 Å². The summed E-state index contributed by atoms with van der Waals surface area (Å²) in [5.74, 6) is 0.574. The molecular formula is C64H74S. The molecule has 9 rings (SSSR count). The Kier molecular flexibility index (Phi) is 17.3. The van der Waals surface area contributed by atoms with E-state index in [-0.39, 0.29) is 10.8 Å². The van der Waals surface area contributed by atoms with Crippen molar-refractivity contribution in [2.75, 3.05) is 0 Å². The molecule has 0 amide bonds. The van der Waals surface area contributed by atoms with E-state index in [0.717, 1.165) is 6.42 Å². The van der Waals surface area contributed by atoms with Crippen LogP contribution in [0.15, 0.2) is 158 Å². The van der Waals surface area contributed by atoms with E-state index in [9.17, 15) is 0 Å². The molecule has 336 valence electrons. The number of allylic oxidation sites excluding steroid dienone is 1. The molecule has 8 aromatic rings. The van der Waals surface area contributed by atoms with Gasteiger partial charge in [-0.2, -0.15) is 0 Å². The Bertz CT molecular complexity index is 2820. The molecule has 0 radical (unpaired) electrons. The van der Waals surface area contributed by atoms with E-state index in [0.29, 0.717) is 5.92 Å². The maximum Gasteiger partial charge on any atom is 0.0355 e. The molecule has 0 fully saturated rings. The Labute approximate surface area is 397 Å². The summed E-state index contributed by atoms with van der Waals surface area (Å²) in [5.41, 5.74) is 18.4. The van der Waals surface area contributed by atoms with E-state index in [2.05, 4.69) is 243 Å². The first-order chi connectivity index (χ1) is 30.9. The zero-order valence-electron chi connectivity index (χ0n) is 42.0. The smallest absolute Gasteiger partial charge is 0.0355 e. The van der Waals surface area contributed by atoms with Crippen LogP contribution in [0.1, 0.15) is 134 Å². The lowest BCUT2D eigenvalue weighted by molar-refractivity contribution is 0.590. The normalized spacial score (nSPS) is 12.2. The molecule has 0 atom stereocenters. The Morgan fingerprint density at radius 1 is 0.615 bits per heavy atom. The fourth-order valence-corrected chi connectivity index (χ4v) is 9.32. The van der Waals surface area contributed by atoms with Crippen LogP contribution >= 0.6 is 11.3 Å². The molecule has 0 aliphatic heterocycles. The van der Waals surface area contributed by atoms with E-state index in [1.54, 1.807) is 0 Å². The minimum absolute atomic E-state index is 0.0888. The number of thiophene rings is 1. The second kappa shape index (κ2) is 22.4. The zero-order chi connectivity index (χ0) is 47.5. The zero-order valence-corrected chi connectivity index (χ0v) is 42.8. The van der Waals surface area contributed by atoms with Gasteiger partial charge in [0.2, 0.25) is 0 Å². The third-order valence-electron chi connectivity index (χ3n) is 12.4. The number of fused-ring (bicyclic) bond motifs is 6. The molecule has 0 spiro atoms. The average Bonchev–Trinajstić information content (AvgIpc) is 3.75. The summed E-state index contributed by atoms with van der Waals surface area (Å²) < 4.78 is 1.34. The number of benzene rings is 7. The molecule has 1 aromatic heterocycles. The fourth-order valence-electron chi connectivity index (χ4n) is 8.29. The molecule has 0 bridgehead atoms. The second-order valence-electron chi connectivity index (χ2n) is 19.4. The van der Waals surface area contributed by atoms with Gasteiger partial charge in [0.05, 0.1) is 0 Å². The third-order valence-corrected chi connectivity index (χ3v) is 13.6. The van der Waals surface area contributed by atoms with E-state index in [4.69, 9.17) is 0 Å². The highest BCUT2D eigenvalue weighted by Crippen LogP contribution is 2.52. The molecule has 65 heavy (non-hydrogen) atoms. The topological polar surface area (TPSA) is 0 Å². The molecular weight excluding hydrogens is 801 g/mol. The summed E-state index contributed by atoms with van der Waals surface area (Å²) in [5, 5.41) is 4.12. The average molecular weight is 875 g/mol. The van der Waals surface area contributed by atoms with Gasteiger partial charge in [0.1, 0.15) is 0 Å². The Morgan fingerprint density at radius 2 is 1.18 bits per heavy atom. The quantitative estimate of drug-likeness (QED) is 0.165. The van der Waals surface area contributed by atoms with Crippen molar-refractivity contribution in [3.8, 4) is 11.1 Å². The first-order valence-corrected chi connectivity index (χ1v) is 24.3. The third kappa shape index (κ3) is 12.7. The summed E-state index contributed by atoms with van der Waals surface area (Å²) in [4.78, 5) is 1.26.